The van der Waals surface area contributed by atoms with E-state index in [1.54, 1.807) is 20.8 Å². The monoisotopic (exact) mass is 763 g/mol. The number of hydrogen-bond donors (Lipinski definition) is 3. The second-order valence-corrected chi connectivity index (χ2v) is 18.6. The zero-order chi connectivity index (χ0) is 42.3. The van der Waals surface area contributed by atoms with E-state index in [1.807, 2.05) is 107 Å². The number of aromatic nitrogens is 4. The molecule has 0 aliphatic rings. The van der Waals surface area contributed by atoms with Crippen LogP contribution in [0.2, 0.25) is 0 Å². The molecular weight excluding hydrogens is 707 g/mol. The van der Waals surface area contributed by atoms with Crippen LogP contribution in [0.5, 0.6) is 17.2 Å². The minimum Gasteiger partial charge on any atom is -0.507 e. The van der Waals surface area contributed by atoms with Crippen molar-refractivity contribution in [3.05, 3.63) is 116 Å². The van der Waals surface area contributed by atoms with Gasteiger partial charge in [-0.05, 0) is 125 Å². The highest BCUT2D eigenvalue weighted by Gasteiger charge is 2.30. The van der Waals surface area contributed by atoms with Gasteiger partial charge in [0.25, 0.3) is 5.56 Å². The summed E-state index contributed by atoms with van der Waals surface area (Å²) in [5, 5.41) is 44.6. The van der Waals surface area contributed by atoms with E-state index in [0.29, 0.717) is 33.4 Å². The van der Waals surface area contributed by atoms with Crippen molar-refractivity contribution >= 4 is 11.2 Å². The predicted molar refractivity (Wildman–Crippen MR) is 222 cm³/mol. The first-order valence-electron chi connectivity index (χ1n) is 19.0. The van der Waals surface area contributed by atoms with Crippen molar-refractivity contribution in [2.45, 2.75) is 140 Å². The number of phenols is 3. The van der Waals surface area contributed by atoms with Gasteiger partial charge in [0.2, 0.25) is 0 Å². The number of fused-ring (bicyclic) bond motifs is 1. The van der Waals surface area contributed by atoms with Crippen LogP contribution in [0.15, 0.2) is 32.6 Å². The topological polar surface area (TPSA) is 155 Å². The maximum absolute atomic E-state index is 15.0. The normalized spacial score (nSPS) is 12.5. The molecule has 0 aliphatic heterocycles. The molecule has 5 rings (SSSR count). The van der Waals surface area contributed by atoms with Crippen molar-refractivity contribution in [3.63, 3.8) is 0 Å². The summed E-state index contributed by atoms with van der Waals surface area (Å²) in [7, 11) is 0. The number of benzene rings is 3. The van der Waals surface area contributed by atoms with E-state index in [4.69, 9.17) is 0 Å². The van der Waals surface area contributed by atoms with Gasteiger partial charge in [0.15, 0.2) is 17.4 Å². The van der Waals surface area contributed by atoms with Crippen molar-refractivity contribution in [1.82, 2.24) is 18.3 Å². The van der Waals surface area contributed by atoms with Gasteiger partial charge in [-0.15, -0.1) is 0 Å². The highest BCUT2D eigenvalue weighted by molar-refractivity contribution is 5.73. The van der Waals surface area contributed by atoms with Gasteiger partial charge < -0.3 is 15.3 Å². The Morgan fingerprint density at radius 3 is 1.14 bits per heavy atom. The van der Waals surface area contributed by atoms with Crippen LogP contribution in [-0.4, -0.2) is 33.6 Å². The molecule has 0 bridgehead atoms. The molecule has 0 atom stereocenters. The molecule has 0 fully saturated rings. The van der Waals surface area contributed by atoms with Crippen LogP contribution >= 0.6 is 0 Å². The van der Waals surface area contributed by atoms with E-state index in [-0.39, 0.29) is 64.3 Å². The molecule has 0 saturated carbocycles. The highest BCUT2D eigenvalue weighted by atomic mass is 16.3. The summed E-state index contributed by atoms with van der Waals surface area (Å²) in [4.78, 5) is 44.0. The number of imidazole rings is 1. The molecule has 3 N–H and O–H groups in total. The molecule has 298 valence electrons. The van der Waals surface area contributed by atoms with E-state index in [9.17, 15) is 35.0 Å². The first-order chi connectivity index (χ1) is 25.6. The minimum absolute atomic E-state index is 0.0569. The smallest absolute Gasteiger partial charge is 0.344 e. The van der Waals surface area contributed by atoms with Crippen LogP contribution in [-0.2, 0) is 35.9 Å². The molecule has 3 aromatic carbocycles. The maximum Gasteiger partial charge on any atom is 0.344 e. The van der Waals surface area contributed by atoms with Crippen molar-refractivity contribution in [2.24, 2.45) is 0 Å². The predicted octanol–water partition coefficient (Wildman–Crippen LogP) is 7.46. The molecule has 0 aliphatic carbocycles. The van der Waals surface area contributed by atoms with E-state index < -0.39 is 16.9 Å². The Hall–Kier alpha value is -5.50. The standard InChI is InChI=1S/C45H57N5O6/c1-23-16-32(43(7,8)9)36(51)26(4)29(23)19-47-39-35(40(54)49(41(47)55)21-31-25(3)18-34(45(13,14)15)38(53)28(31)6)50(22-46)42(56)48(39)20-30-24(2)17-33(44(10,11)12)37(52)27(30)5/h16-18,51-53H,19-21H2,1-15H3. The van der Waals surface area contributed by atoms with Crippen molar-refractivity contribution in [2.75, 3.05) is 0 Å². The Kier molecular flexibility index (Phi) is 10.3. The third-order valence-corrected chi connectivity index (χ3v) is 11.5. The maximum atomic E-state index is 15.0. The van der Waals surface area contributed by atoms with Crippen LogP contribution in [0.25, 0.3) is 11.2 Å². The van der Waals surface area contributed by atoms with Crippen LogP contribution < -0.4 is 16.9 Å². The van der Waals surface area contributed by atoms with Gasteiger partial charge in [-0.3, -0.25) is 18.5 Å². The van der Waals surface area contributed by atoms with Crippen LogP contribution in [0.1, 0.15) is 129 Å². The Morgan fingerprint density at radius 1 is 0.536 bits per heavy atom. The number of phenolic OH excluding ortho intramolecular Hbond substituents is 3. The average Bonchev–Trinajstić information content (AvgIpc) is 3.36. The molecule has 0 amide bonds. The molecule has 11 nitrogen and oxygen atoms in total. The fraction of sp³-hybridized carbons (Fsp3) is 0.467. The number of aryl methyl sites for hydroxylation is 3. The van der Waals surface area contributed by atoms with Crippen molar-refractivity contribution < 1.29 is 15.3 Å². The lowest BCUT2D eigenvalue weighted by molar-refractivity contribution is 0.440. The van der Waals surface area contributed by atoms with E-state index in [1.165, 1.54) is 9.13 Å². The summed E-state index contributed by atoms with van der Waals surface area (Å²) in [6, 6.07) is 5.63. The number of nitriles is 1. The fourth-order valence-electron chi connectivity index (χ4n) is 7.93. The Morgan fingerprint density at radius 2 is 0.839 bits per heavy atom. The van der Waals surface area contributed by atoms with Crippen molar-refractivity contribution in [3.8, 4) is 23.4 Å². The summed E-state index contributed by atoms with van der Waals surface area (Å²) < 4.78 is 4.32. The second kappa shape index (κ2) is 13.9. The SMILES string of the molecule is Cc1cc(C(C)(C)C)c(O)c(C)c1Cn1c(=O)c2c(n(Cc3c(C)cc(C(C)(C)C)c(O)c3C)c1=O)n(Cc1c(C)cc(C(C)(C)C)c(O)c1C)c(=O)n2C#N. The number of hydrogen-bond acceptors (Lipinski definition) is 7. The van der Waals surface area contributed by atoms with E-state index in [0.717, 1.165) is 42.5 Å². The number of rotatable bonds is 6. The zero-order valence-corrected chi connectivity index (χ0v) is 35.7. The highest BCUT2D eigenvalue weighted by Crippen LogP contribution is 2.39. The molecule has 2 aromatic heterocycles. The second-order valence-electron chi connectivity index (χ2n) is 18.6. The third kappa shape index (κ3) is 6.84. The quantitative estimate of drug-likeness (QED) is 0.162. The van der Waals surface area contributed by atoms with E-state index >= 15 is 0 Å². The average molecular weight is 764 g/mol. The molecule has 5 aromatic rings. The summed E-state index contributed by atoms with van der Waals surface area (Å²) in [5.74, 6) is 0.242. The largest absolute Gasteiger partial charge is 0.507 e. The Labute approximate surface area is 328 Å². The fourth-order valence-corrected chi connectivity index (χ4v) is 7.93. The van der Waals surface area contributed by atoms with Crippen molar-refractivity contribution in [1.29, 1.82) is 5.26 Å². The Balaban J connectivity index is 1.91. The third-order valence-electron chi connectivity index (χ3n) is 11.5. The van der Waals surface area contributed by atoms with Crippen LogP contribution in [0.3, 0.4) is 0 Å². The van der Waals surface area contributed by atoms with E-state index in [2.05, 4.69) is 0 Å². The zero-order valence-electron chi connectivity index (χ0n) is 35.7. The summed E-state index contributed by atoms with van der Waals surface area (Å²) in [5.41, 5.74) is 4.07. The molecule has 56 heavy (non-hydrogen) atoms. The molecule has 0 radical (unpaired) electrons. The summed E-state index contributed by atoms with van der Waals surface area (Å²) >= 11 is 0. The first kappa shape index (κ1) is 41.7. The summed E-state index contributed by atoms with van der Waals surface area (Å²) in [6.45, 7) is 28.3. The molecule has 2 heterocycles. The van der Waals surface area contributed by atoms with Gasteiger partial charge in [-0.2, -0.15) is 9.83 Å². The van der Waals surface area contributed by atoms with Gasteiger partial charge in [0.05, 0.1) is 19.6 Å². The van der Waals surface area contributed by atoms with Gasteiger partial charge in [-0.1, -0.05) is 80.5 Å². The first-order valence-corrected chi connectivity index (χ1v) is 19.0. The molecular formula is C45H57N5O6. The van der Waals surface area contributed by atoms with Gasteiger partial charge in [0, 0.05) is 0 Å². The van der Waals surface area contributed by atoms with Gasteiger partial charge >= 0.3 is 11.4 Å². The Bertz CT molecular complexity index is 2680. The lowest BCUT2D eigenvalue weighted by Crippen LogP contribution is -2.41. The molecule has 11 heteroatoms. The number of aromatic hydroxyl groups is 3. The molecule has 0 saturated heterocycles. The van der Waals surface area contributed by atoms with Crippen LogP contribution in [0.4, 0.5) is 0 Å². The van der Waals surface area contributed by atoms with Crippen LogP contribution in [0, 0.1) is 53.0 Å². The van der Waals surface area contributed by atoms with Gasteiger partial charge in [-0.25, -0.2) is 9.59 Å². The van der Waals surface area contributed by atoms with Gasteiger partial charge in [0.1, 0.15) is 17.2 Å². The molecule has 0 spiro atoms. The molecule has 0 unspecified atom stereocenters. The summed E-state index contributed by atoms with van der Waals surface area (Å²) in [6.07, 6.45) is 1.89. The lowest BCUT2D eigenvalue weighted by Gasteiger charge is -2.26. The lowest BCUT2D eigenvalue weighted by atomic mass is 9.82. The minimum atomic E-state index is -0.837. The number of nitrogens with zero attached hydrogens (tertiary/aromatic N) is 5.